The zero-order valence-electron chi connectivity index (χ0n) is 13.0. The number of carbonyl (C=O) groups is 2. The average Bonchev–Trinajstić information content (AvgIpc) is 2.52. The standard InChI is InChI=1S/C18H21BrO3/c1-17(2)15(20)18(10-4-3-5-11-18)14(22-16(17)21)12-6-8-13(19)9-7-12/h6-9,14H,3-5,10-11H2,1-2H3/t14-/m0/s1. The number of cyclic esters (lactones) is 1. The van der Waals surface area contributed by atoms with Crippen LogP contribution in [-0.4, -0.2) is 11.8 Å². The Morgan fingerprint density at radius 2 is 1.64 bits per heavy atom. The SMILES string of the molecule is CC1(C)C(=O)O[C@@H](c2ccc(Br)cc2)C2(CCCCC2)C1=O. The van der Waals surface area contributed by atoms with Crippen LogP contribution in [0.1, 0.15) is 57.6 Å². The molecule has 1 atom stereocenters. The van der Waals surface area contributed by atoms with Gasteiger partial charge in [-0.3, -0.25) is 9.59 Å². The van der Waals surface area contributed by atoms with Crippen LogP contribution in [-0.2, 0) is 14.3 Å². The average molecular weight is 365 g/mol. The highest BCUT2D eigenvalue weighted by atomic mass is 79.9. The van der Waals surface area contributed by atoms with Crippen molar-refractivity contribution in [2.45, 2.75) is 52.1 Å². The second-order valence-corrected chi connectivity index (χ2v) is 7.92. The molecule has 1 saturated carbocycles. The first-order valence-corrected chi connectivity index (χ1v) is 8.69. The first-order valence-electron chi connectivity index (χ1n) is 7.89. The minimum Gasteiger partial charge on any atom is -0.456 e. The van der Waals surface area contributed by atoms with Crippen LogP contribution in [0.4, 0.5) is 0 Å². The van der Waals surface area contributed by atoms with Crippen LogP contribution in [0, 0.1) is 10.8 Å². The number of ether oxygens (including phenoxy) is 1. The van der Waals surface area contributed by atoms with E-state index >= 15 is 0 Å². The Bertz CT molecular complexity index is 597. The van der Waals surface area contributed by atoms with E-state index in [1.54, 1.807) is 13.8 Å². The Kier molecular flexibility index (Phi) is 3.92. The van der Waals surface area contributed by atoms with E-state index in [0.29, 0.717) is 0 Å². The summed E-state index contributed by atoms with van der Waals surface area (Å²) in [7, 11) is 0. The van der Waals surface area contributed by atoms with Crippen LogP contribution in [0.2, 0.25) is 0 Å². The molecule has 1 spiro atoms. The number of ketones is 1. The van der Waals surface area contributed by atoms with Crippen LogP contribution < -0.4 is 0 Å². The summed E-state index contributed by atoms with van der Waals surface area (Å²) in [5.41, 5.74) is -0.672. The van der Waals surface area contributed by atoms with Crippen molar-refractivity contribution in [3.8, 4) is 0 Å². The van der Waals surface area contributed by atoms with Crippen LogP contribution >= 0.6 is 15.9 Å². The Labute approximate surface area is 139 Å². The molecule has 0 N–H and O–H groups in total. The highest BCUT2D eigenvalue weighted by molar-refractivity contribution is 9.10. The van der Waals surface area contributed by atoms with E-state index in [1.165, 1.54) is 0 Å². The van der Waals surface area contributed by atoms with Gasteiger partial charge in [0.2, 0.25) is 0 Å². The van der Waals surface area contributed by atoms with Crippen molar-refractivity contribution in [2.24, 2.45) is 10.8 Å². The molecule has 118 valence electrons. The number of hydrogen-bond donors (Lipinski definition) is 0. The minimum atomic E-state index is -1.04. The van der Waals surface area contributed by atoms with Gasteiger partial charge in [0.05, 0.1) is 5.41 Å². The number of rotatable bonds is 1. The number of hydrogen-bond acceptors (Lipinski definition) is 3. The maximum Gasteiger partial charge on any atom is 0.319 e. The van der Waals surface area contributed by atoms with Crippen LogP contribution in [0.3, 0.4) is 0 Å². The first-order chi connectivity index (χ1) is 10.4. The monoisotopic (exact) mass is 364 g/mol. The van der Waals surface area contributed by atoms with E-state index in [9.17, 15) is 9.59 Å². The van der Waals surface area contributed by atoms with E-state index in [4.69, 9.17) is 4.74 Å². The lowest BCUT2D eigenvalue weighted by Gasteiger charge is -2.49. The number of carbonyl (C=O) groups excluding carboxylic acids is 2. The number of halogens is 1. The summed E-state index contributed by atoms with van der Waals surface area (Å²) in [5.74, 6) is -0.342. The first kappa shape index (κ1) is 15.7. The molecule has 4 heteroatoms. The molecule has 1 aromatic rings. The third kappa shape index (κ3) is 2.32. The quantitative estimate of drug-likeness (QED) is 0.540. The Morgan fingerprint density at radius 1 is 1.05 bits per heavy atom. The van der Waals surface area contributed by atoms with Crippen LogP contribution in [0.15, 0.2) is 28.7 Å². The van der Waals surface area contributed by atoms with E-state index in [0.717, 1.165) is 42.1 Å². The summed E-state index contributed by atoms with van der Waals surface area (Å²) in [4.78, 5) is 25.5. The fraction of sp³-hybridized carbons (Fsp3) is 0.556. The molecule has 0 radical (unpaired) electrons. The second-order valence-electron chi connectivity index (χ2n) is 7.01. The lowest BCUT2D eigenvalue weighted by atomic mass is 9.59. The highest BCUT2D eigenvalue weighted by Gasteiger charge is 2.60. The molecule has 2 fully saturated rings. The fourth-order valence-electron chi connectivity index (χ4n) is 3.90. The maximum atomic E-state index is 13.2. The maximum absolute atomic E-state index is 13.2. The molecule has 1 saturated heterocycles. The molecule has 1 aliphatic heterocycles. The molecular weight excluding hydrogens is 344 g/mol. The van der Waals surface area contributed by atoms with Crippen molar-refractivity contribution in [3.63, 3.8) is 0 Å². The van der Waals surface area contributed by atoms with E-state index in [2.05, 4.69) is 15.9 Å². The zero-order valence-corrected chi connectivity index (χ0v) is 14.6. The van der Waals surface area contributed by atoms with Crippen molar-refractivity contribution in [1.82, 2.24) is 0 Å². The largest absolute Gasteiger partial charge is 0.456 e. The molecule has 22 heavy (non-hydrogen) atoms. The molecule has 1 aromatic carbocycles. The molecule has 1 aliphatic carbocycles. The summed E-state index contributed by atoms with van der Waals surface area (Å²) in [6.45, 7) is 3.40. The molecule has 3 nitrogen and oxygen atoms in total. The third-order valence-corrected chi connectivity index (χ3v) is 5.70. The van der Waals surface area contributed by atoms with Crippen molar-refractivity contribution in [2.75, 3.05) is 0 Å². The van der Waals surface area contributed by atoms with Gasteiger partial charge in [-0.1, -0.05) is 47.3 Å². The summed E-state index contributed by atoms with van der Waals surface area (Å²) < 4.78 is 6.79. The van der Waals surface area contributed by atoms with Gasteiger partial charge < -0.3 is 4.74 Å². The predicted octanol–water partition coefficient (Wildman–Crippen LogP) is 4.59. The van der Waals surface area contributed by atoms with Gasteiger partial charge in [-0.05, 0) is 44.4 Å². The van der Waals surface area contributed by atoms with Crippen LogP contribution in [0.25, 0.3) is 0 Å². The van der Waals surface area contributed by atoms with Crippen molar-refractivity contribution in [3.05, 3.63) is 34.3 Å². The van der Waals surface area contributed by atoms with Gasteiger partial charge in [0.1, 0.15) is 11.5 Å². The van der Waals surface area contributed by atoms with Gasteiger partial charge in [0.25, 0.3) is 0 Å². The highest BCUT2D eigenvalue weighted by Crippen LogP contribution is 2.55. The van der Waals surface area contributed by atoms with Gasteiger partial charge in [0, 0.05) is 4.47 Å². The van der Waals surface area contributed by atoms with E-state index in [1.807, 2.05) is 24.3 Å². The molecule has 0 aromatic heterocycles. The van der Waals surface area contributed by atoms with Gasteiger partial charge in [0.15, 0.2) is 5.78 Å². The molecule has 3 rings (SSSR count). The van der Waals surface area contributed by atoms with Crippen LogP contribution in [0.5, 0.6) is 0 Å². The number of Topliss-reactive ketones (excluding diaryl/α,β-unsaturated/α-hetero) is 1. The van der Waals surface area contributed by atoms with Crippen molar-refractivity contribution < 1.29 is 14.3 Å². The van der Waals surface area contributed by atoms with E-state index < -0.39 is 22.9 Å². The summed E-state index contributed by atoms with van der Waals surface area (Å²) in [6.07, 6.45) is 4.36. The number of esters is 1. The van der Waals surface area contributed by atoms with Gasteiger partial charge in [-0.25, -0.2) is 0 Å². The molecule has 1 heterocycles. The molecular formula is C18H21BrO3. The molecule has 0 amide bonds. The Balaban J connectivity index is 2.08. The minimum absolute atomic E-state index is 0.0591. The molecule has 0 unspecified atom stereocenters. The summed E-state index contributed by atoms with van der Waals surface area (Å²) >= 11 is 3.42. The van der Waals surface area contributed by atoms with Crippen molar-refractivity contribution in [1.29, 1.82) is 0 Å². The topological polar surface area (TPSA) is 43.4 Å². The zero-order chi connectivity index (χ0) is 16.0. The molecule has 2 aliphatic rings. The smallest absolute Gasteiger partial charge is 0.319 e. The van der Waals surface area contributed by atoms with Gasteiger partial charge in [-0.2, -0.15) is 0 Å². The third-order valence-electron chi connectivity index (χ3n) is 5.18. The van der Waals surface area contributed by atoms with Gasteiger partial charge in [-0.15, -0.1) is 0 Å². The Morgan fingerprint density at radius 3 is 2.23 bits per heavy atom. The van der Waals surface area contributed by atoms with Crippen molar-refractivity contribution >= 4 is 27.7 Å². The summed E-state index contributed by atoms with van der Waals surface area (Å²) in [5, 5.41) is 0. The lowest BCUT2D eigenvalue weighted by Crippen LogP contribution is -2.55. The predicted molar refractivity (Wildman–Crippen MR) is 87.3 cm³/mol. The second kappa shape index (κ2) is 5.48. The van der Waals surface area contributed by atoms with E-state index in [-0.39, 0.29) is 5.78 Å². The Hall–Kier alpha value is -1.16. The summed E-state index contributed by atoms with van der Waals surface area (Å²) in [6, 6.07) is 7.77. The fourth-order valence-corrected chi connectivity index (χ4v) is 4.16. The molecule has 0 bridgehead atoms. The normalized spacial score (nSPS) is 26.8. The lowest BCUT2D eigenvalue weighted by molar-refractivity contribution is -0.192. The van der Waals surface area contributed by atoms with Gasteiger partial charge >= 0.3 is 5.97 Å². The number of benzene rings is 1.